The molecule has 1 aromatic carbocycles. The molecule has 0 saturated carbocycles. The van der Waals surface area contributed by atoms with Crippen LogP contribution in [0.2, 0.25) is 0 Å². The summed E-state index contributed by atoms with van der Waals surface area (Å²) in [5.74, 6) is 0.373. The molecule has 23 heavy (non-hydrogen) atoms. The molecule has 3 rings (SSSR count). The number of benzene rings is 1. The van der Waals surface area contributed by atoms with Crippen molar-refractivity contribution in [2.45, 2.75) is 18.9 Å². The predicted molar refractivity (Wildman–Crippen MR) is 90.2 cm³/mol. The number of rotatable bonds is 5. The van der Waals surface area contributed by atoms with Crippen LogP contribution >= 0.6 is 0 Å². The van der Waals surface area contributed by atoms with Gasteiger partial charge in [-0.2, -0.15) is 0 Å². The van der Waals surface area contributed by atoms with Gasteiger partial charge in [-0.1, -0.05) is 30.3 Å². The van der Waals surface area contributed by atoms with E-state index in [0.717, 1.165) is 52.2 Å². The van der Waals surface area contributed by atoms with Crippen LogP contribution in [0.1, 0.15) is 24.4 Å². The van der Waals surface area contributed by atoms with E-state index in [0.29, 0.717) is 6.54 Å². The first kappa shape index (κ1) is 16.4. The normalized spacial score (nSPS) is 21.7. The zero-order chi connectivity index (χ0) is 15.9. The molecule has 126 valence electrons. The first-order valence-corrected chi connectivity index (χ1v) is 8.70. The van der Waals surface area contributed by atoms with Crippen LogP contribution in [0.3, 0.4) is 0 Å². The Morgan fingerprint density at radius 2 is 1.91 bits per heavy atom. The number of hydrogen-bond acceptors (Lipinski definition) is 4. The van der Waals surface area contributed by atoms with E-state index in [1.807, 2.05) is 6.07 Å². The number of nitrogens with one attached hydrogen (secondary N) is 2. The third kappa shape index (κ3) is 4.53. The van der Waals surface area contributed by atoms with Gasteiger partial charge in [0.2, 0.25) is 5.91 Å². The highest BCUT2D eigenvalue weighted by molar-refractivity contribution is 5.78. The van der Waals surface area contributed by atoms with Crippen LogP contribution in [0.15, 0.2) is 30.3 Å². The number of carbonyl (C=O) groups is 1. The van der Waals surface area contributed by atoms with Crippen LogP contribution in [-0.2, 0) is 9.53 Å². The van der Waals surface area contributed by atoms with E-state index in [1.165, 1.54) is 5.56 Å². The number of carbonyl (C=O) groups excluding carboxylic acids is 1. The summed E-state index contributed by atoms with van der Waals surface area (Å²) < 4.78 is 5.47. The molecule has 5 heteroatoms. The number of amides is 1. The third-order valence-electron chi connectivity index (χ3n) is 4.85. The number of piperidine rings is 1. The molecule has 0 radical (unpaired) electrons. The number of ether oxygens (including phenoxy) is 1. The van der Waals surface area contributed by atoms with Gasteiger partial charge in [-0.15, -0.1) is 0 Å². The molecule has 2 aliphatic heterocycles. The molecule has 2 N–H and O–H groups in total. The minimum Gasteiger partial charge on any atom is -0.379 e. The van der Waals surface area contributed by atoms with E-state index >= 15 is 0 Å². The molecule has 0 aliphatic carbocycles. The molecule has 1 unspecified atom stereocenters. The van der Waals surface area contributed by atoms with Gasteiger partial charge in [0.25, 0.3) is 0 Å². The lowest BCUT2D eigenvalue weighted by Gasteiger charge is -2.35. The Balaban J connectivity index is 1.62. The van der Waals surface area contributed by atoms with Crippen LogP contribution in [0.5, 0.6) is 0 Å². The first-order valence-electron chi connectivity index (χ1n) is 8.70. The second-order valence-corrected chi connectivity index (χ2v) is 6.34. The van der Waals surface area contributed by atoms with E-state index in [4.69, 9.17) is 4.74 Å². The van der Waals surface area contributed by atoms with E-state index < -0.39 is 0 Å². The fraction of sp³-hybridized carbons (Fsp3) is 0.611. The van der Waals surface area contributed by atoms with Crippen molar-refractivity contribution in [2.24, 2.45) is 5.92 Å². The van der Waals surface area contributed by atoms with Gasteiger partial charge < -0.3 is 15.4 Å². The molecule has 1 aromatic rings. The second-order valence-electron chi connectivity index (χ2n) is 6.34. The smallest absolute Gasteiger partial charge is 0.223 e. The Labute approximate surface area is 138 Å². The van der Waals surface area contributed by atoms with Gasteiger partial charge in [0.05, 0.1) is 19.3 Å². The lowest BCUT2D eigenvalue weighted by atomic mass is 9.97. The van der Waals surface area contributed by atoms with Gasteiger partial charge in [0.1, 0.15) is 0 Å². The molecular weight excluding hydrogens is 290 g/mol. The van der Waals surface area contributed by atoms with Crippen molar-refractivity contribution in [1.29, 1.82) is 0 Å². The quantitative estimate of drug-likeness (QED) is 0.856. The topological polar surface area (TPSA) is 53.6 Å². The Bertz CT molecular complexity index is 482. The summed E-state index contributed by atoms with van der Waals surface area (Å²) in [6.45, 7) is 5.95. The van der Waals surface area contributed by atoms with Crippen LogP contribution in [0.25, 0.3) is 0 Å². The minimum absolute atomic E-state index is 0.164. The van der Waals surface area contributed by atoms with E-state index in [1.54, 1.807) is 0 Å². The fourth-order valence-electron chi connectivity index (χ4n) is 3.45. The molecule has 0 bridgehead atoms. The lowest BCUT2D eigenvalue weighted by Crippen LogP contribution is -2.45. The van der Waals surface area contributed by atoms with Gasteiger partial charge in [-0.25, -0.2) is 0 Å². The fourth-order valence-corrected chi connectivity index (χ4v) is 3.45. The highest BCUT2D eigenvalue weighted by Crippen LogP contribution is 2.21. The van der Waals surface area contributed by atoms with E-state index in [9.17, 15) is 4.79 Å². The Morgan fingerprint density at radius 3 is 2.61 bits per heavy atom. The maximum atomic E-state index is 12.4. The van der Waals surface area contributed by atoms with Gasteiger partial charge in [-0.05, 0) is 31.5 Å². The maximum Gasteiger partial charge on any atom is 0.223 e. The average Bonchev–Trinajstić information content (AvgIpc) is 2.64. The molecule has 2 saturated heterocycles. The molecular formula is C18H27N3O2. The van der Waals surface area contributed by atoms with Crippen molar-refractivity contribution in [3.63, 3.8) is 0 Å². The zero-order valence-electron chi connectivity index (χ0n) is 13.7. The molecule has 2 aliphatic rings. The van der Waals surface area contributed by atoms with Gasteiger partial charge >= 0.3 is 0 Å². The van der Waals surface area contributed by atoms with Gasteiger partial charge in [0.15, 0.2) is 0 Å². The summed E-state index contributed by atoms with van der Waals surface area (Å²) in [5, 5.41) is 6.51. The van der Waals surface area contributed by atoms with Crippen LogP contribution < -0.4 is 10.6 Å². The average molecular weight is 317 g/mol. The highest BCUT2D eigenvalue weighted by atomic mass is 16.5. The summed E-state index contributed by atoms with van der Waals surface area (Å²) in [7, 11) is 0. The van der Waals surface area contributed by atoms with Crippen molar-refractivity contribution >= 4 is 5.91 Å². The molecule has 2 heterocycles. The maximum absolute atomic E-state index is 12.4. The summed E-state index contributed by atoms with van der Waals surface area (Å²) in [6, 6.07) is 10.7. The summed E-state index contributed by atoms with van der Waals surface area (Å²) in [5.41, 5.74) is 1.26. The lowest BCUT2D eigenvalue weighted by molar-refractivity contribution is -0.126. The summed E-state index contributed by atoms with van der Waals surface area (Å²) in [4.78, 5) is 14.9. The van der Waals surface area contributed by atoms with Crippen molar-refractivity contribution in [2.75, 3.05) is 45.9 Å². The Hall–Kier alpha value is -1.43. The highest BCUT2D eigenvalue weighted by Gasteiger charge is 2.25. The van der Waals surface area contributed by atoms with E-state index in [2.05, 4.69) is 39.8 Å². The van der Waals surface area contributed by atoms with Crippen molar-refractivity contribution in [3.8, 4) is 0 Å². The van der Waals surface area contributed by atoms with Crippen LogP contribution in [0.4, 0.5) is 0 Å². The van der Waals surface area contributed by atoms with Crippen molar-refractivity contribution in [3.05, 3.63) is 35.9 Å². The molecule has 0 spiro atoms. The Kier molecular flexibility index (Phi) is 6.02. The monoisotopic (exact) mass is 317 g/mol. The number of hydrogen-bond donors (Lipinski definition) is 2. The predicted octanol–water partition coefficient (Wildman–Crippen LogP) is 1.18. The first-order chi connectivity index (χ1) is 11.3. The minimum atomic E-state index is 0.164. The SMILES string of the molecule is O=C(NCC(c1ccccc1)N1CCOCC1)C1CCNCC1. The van der Waals surface area contributed by atoms with Crippen molar-refractivity contribution in [1.82, 2.24) is 15.5 Å². The molecule has 1 atom stereocenters. The number of morpholine rings is 1. The van der Waals surface area contributed by atoms with Crippen molar-refractivity contribution < 1.29 is 9.53 Å². The van der Waals surface area contributed by atoms with Gasteiger partial charge in [0, 0.05) is 25.6 Å². The molecule has 5 nitrogen and oxygen atoms in total. The van der Waals surface area contributed by atoms with Crippen LogP contribution in [-0.4, -0.2) is 56.7 Å². The summed E-state index contributed by atoms with van der Waals surface area (Å²) >= 11 is 0. The Morgan fingerprint density at radius 1 is 1.22 bits per heavy atom. The van der Waals surface area contributed by atoms with E-state index in [-0.39, 0.29) is 17.9 Å². The third-order valence-corrected chi connectivity index (χ3v) is 4.85. The summed E-state index contributed by atoms with van der Waals surface area (Å²) in [6.07, 6.45) is 1.89. The number of nitrogens with zero attached hydrogens (tertiary/aromatic N) is 1. The second kappa shape index (κ2) is 8.43. The van der Waals surface area contributed by atoms with Gasteiger partial charge in [-0.3, -0.25) is 9.69 Å². The zero-order valence-corrected chi connectivity index (χ0v) is 13.7. The standard InChI is InChI=1S/C18H27N3O2/c22-18(16-6-8-19-9-7-16)20-14-17(15-4-2-1-3-5-15)21-10-12-23-13-11-21/h1-5,16-17,19H,6-14H2,(H,20,22). The molecule has 1 amide bonds. The van der Waals surface area contributed by atoms with Crippen LogP contribution in [0, 0.1) is 5.92 Å². The largest absolute Gasteiger partial charge is 0.379 e. The molecule has 0 aromatic heterocycles. The molecule has 2 fully saturated rings.